The Balaban J connectivity index is 1.75. The van der Waals surface area contributed by atoms with Gasteiger partial charge in [-0.15, -0.1) is 5.10 Å². The molecule has 0 spiro atoms. The van der Waals surface area contributed by atoms with Crippen LogP contribution in [0.4, 0.5) is 8.78 Å². The van der Waals surface area contributed by atoms with Crippen molar-refractivity contribution in [1.82, 2.24) is 30.2 Å². The van der Waals surface area contributed by atoms with Gasteiger partial charge in [-0.3, -0.25) is 9.97 Å². The van der Waals surface area contributed by atoms with E-state index in [1.54, 1.807) is 18.3 Å². The maximum absolute atomic E-state index is 13.0. The Kier molecular flexibility index (Phi) is 5.19. The quantitative estimate of drug-likeness (QED) is 0.686. The average molecular weight is 348 g/mol. The first-order valence-electron chi connectivity index (χ1n) is 7.32. The van der Waals surface area contributed by atoms with Crippen molar-refractivity contribution < 1.29 is 18.6 Å². The van der Waals surface area contributed by atoms with E-state index in [4.69, 9.17) is 4.74 Å². The number of ether oxygens (including phenoxy) is 1. The van der Waals surface area contributed by atoms with Gasteiger partial charge in [-0.25, -0.2) is 13.5 Å². The van der Waals surface area contributed by atoms with Gasteiger partial charge in [-0.2, -0.15) is 0 Å². The lowest BCUT2D eigenvalue weighted by Crippen LogP contribution is -2.32. The lowest BCUT2D eigenvalue weighted by molar-refractivity contribution is -0.0292. The largest absolute Gasteiger partial charge is 0.486 e. The third-order valence-electron chi connectivity index (χ3n) is 3.41. The number of aliphatic hydroxyl groups is 1. The standard InChI is InChI=1S/C15H14F2N6O2/c16-15(17)14(24)13(23-9-20-21-22-23)12-5-4-11(7-19-12)25-8-10-3-1-2-6-18-10/h1-7,9,13-15,24H,8H2. The zero-order valence-electron chi connectivity index (χ0n) is 12.9. The first-order valence-corrected chi connectivity index (χ1v) is 7.32. The lowest BCUT2D eigenvalue weighted by atomic mass is 10.1. The molecule has 0 bridgehead atoms. The van der Waals surface area contributed by atoms with Gasteiger partial charge in [0.25, 0.3) is 6.43 Å². The average Bonchev–Trinajstić information content (AvgIpc) is 3.16. The molecule has 3 aromatic heterocycles. The molecule has 0 saturated carbocycles. The van der Waals surface area contributed by atoms with Crippen molar-refractivity contribution in [3.63, 3.8) is 0 Å². The highest BCUT2D eigenvalue weighted by molar-refractivity contribution is 5.23. The summed E-state index contributed by atoms with van der Waals surface area (Å²) in [4.78, 5) is 8.22. The van der Waals surface area contributed by atoms with Crippen LogP contribution in [-0.2, 0) is 6.61 Å². The van der Waals surface area contributed by atoms with E-state index in [1.165, 1.54) is 12.3 Å². The fourth-order valence-electron chi connectivity index (χ4n) is 2.19. The molecule has 0 aliphatic heterocycles. The van der Waals surface area contributed by atoms with Gasteiger partial charge in [0.05, 0.1) is 17.6 Å². The summed E-state index contributed by atoms with van der Waals surface area (Å²) in [6.07, 6.45) is -0.799. The molecule has 0 aliphatic carbocycles. The maximum Gasteiger partial charge on any atom is 0.266 e. The van der Waals surface area contributed by atoms with Crippen molar-refractivity contribution >= 4 is 0 Å². The molecule has 3 aromatic rings. The molecule has 0 radical (unpaired) electrons. The van der Waals surface area contributed by atoms with Crippen molar-refractivity contribution in [2.45, 2.75) is 25.2 Å². The van der Waals surface area contributed by atoms with Crippen molar-refractivity contribution in [3.05, 3.63) is 60.4 Å². The molecular weight excluding hydrogens is 334 g/mol. The molecule has 0 fully saturated rings. The molecule has 10 heteroatoms. The third-order valence-corrected chi connectivity index (χ3v) is 3.41. The second-order valence-electron chi connectivity index (χ2n) is 5.09. The van der Waals surface area contributed by atoms with E-state index in [2.05, 4.69) is 25.5 Å². The van der Waals surface area contributed by atoms with Gasteiger partial charge in [-0.05, 0) is 34.7 Å². The molecule has 8 nitrogen and oxygen atoms in total. The summed E-state index contributed by atoms with van der Waals surface area (Å²) in [5, 5.41) is 20.2. The van der Waals surface area contributed by atoms with E-state index >= 15 is 0 Å². The van der Waals surface area contributed by atoms with Crippen LogP contribution in [0, 0.1) is 0 Å². The fraction of sp³-hybridized carbons (Fsp3) is 0.267. The van der Waals surface area contributed by atoms with Gasteiger partial charge in [0.2, 0.25) is 0 Å². The molecule has 0 aromatic carbocycles. The predicted octanol–water partition coefficient (Wildman–Crippen LogP) is 1.26. The Hall–Kier alpha value is -3.01. The van der Waals surface area contributed by atoms with Gasteiger partial charge in [0.15, 0.2) is 0 Å². The third kappa shape index (κ3) is 4.10. The second-order valence-corrected chi connectivity index (χ2v) is 5.09. The van der Waals surface area contributed by atoms with Crippen molar-refractivity contribution in [3.8, 4) is 5.75 Å². The monoisotopic (exact) mass is 348 g/mol. The zero-order valence-corrected chi connectivity index (χ0v) is 12.9. The number of rotatable bonds is 7. The van der Waals surface area contributed by atoms with E-state index in [0.717, 1.165) is 16.7 Å². The first-order chi connectivity index (χ1) is 12.1. The van der Waals surface area contributed by atoms with Crippen LogP contribution in [0.3, 0.4) is 0 Å². The first kappa shape index (κ1) is 16.8. The van der Waals surface area contributed by atoms with Crippen LogP contribution in [0.1, 0.15) is 17.4 Å². The number of aromatic nitrogens is 6. The molecule has 2 atom stereocenters. The van der Waals surface area contributed by atoms with Crippen LogP contribution < -0.4 is 4.74 Å². The molecule has 0 aliphatic rings. The number of alkyl halides is 2. The maximum atomic E-state index is 13.0. The topological polar surface area (TPSA) is 98.8 Å². The summed E-state index contributed by atoms with van der Waals surface area (Å²) >= 11 is 0. The summed E-state index contributed by atoms with van der Waals surface area (Å²) < 4.78 is 32.5. The van der Waals surface area contributed by atoms with Gasteiger partial charge >= 0.3 is 0 Å². The number of pyridine rings is 2. The van der Waals surface area contributed by atoms with Crippen LogP contribution in [-0.4, -0.2) is 47.8 Å². The number of aliphatic hydroxyl groups excluding tert-OH is 1. The molecule has 3 rings (SSSR count). The Morgan fingerprint density at radius 2 is 2.04 bits per heavy atom. The predicted molar refractivity (Wildman–Crippen MR) is 80.8 cm³/mol. The summed E-state index contributed by atoms with van der Waals surface area (Å²) in [5.41, 5.74) is 0.927. The van der Waals surface area contributed by atoms with Crippen molar-refractivity contribution in [1.29, 1.82) is 0 Å². The van der Waals surface area contributed by atoms with Gasteiger partial charge in [0, 0.05) is 6.20 Å². The van der Waals surface area contributed by atoms with Gasteiger partial charge in [0.1, 0.15) is 30.8 Å². The van der Waals surface area contributed by atoms with E-state index in [-0.39, 0.29) is 12.3 Å². The summed E-state index contributed by atoms with van der Waals surface area (Å²) in [6.45, 7) is 0.248. The molecule has 0 amide bonds. The van der Waals surface area contributed by atoms with Crippen LogP contribution in [0.15, 0.2) is 49.1 Å². The molecule has 0 saturated heterocycles. The van der Waals surface area contributed by atoms with E-state index in [9.17, 15) is 13.9 Å². The van der Waals surface area contributed by atoms with Gasteiger partial charge in [-0.1, -0.05) is 6.07 Å². The number of hydrogen-bond donors (Lipinski definition) is 1. The molecule has 1 N–H and O–H groups in total. The Morgan fingerprint density at radius 1 is 1.16 bits per heavy atom. The van der Waals surface area contributed by atoms with Crippen molar-refractivity contribution in [2.75, 3.05) is 0 Å². The Morgan fingerprint density at radius 3 is 2.64 bits per heavy atom. The summed E-state index contributed by atoms with van der Waals surface area (Å²) in [5.74, 6) is 0.441. The molecular formula is C15H14F2N6O2. The number of nitrogens with zero attached hydrogens (tertiary/aromatic N) is 6. The lowest BCUT2D eigenvalue weighted by Gasteiger charge is -2.21. The van der Waals surface area contributed by atoms with Crippen LogP contribution in [0.2, 0.25) is 0 Å². The van der Waals surface area contributed by atoms with Crippen LogP contribution >= 0.6 is 0 Å². The molecule has 25 heavy (non-hydrogen) atoms. The van der Waals surface area contributed by atoms with E-state index in [1.807, 2.05) is 12.1 Å². The minimum absolute atomic E-state index is 0.185. The summed E-state index contributed by atoms with van der Waals surface area (Å²) in [6, 6.07) is 7.30. The van der Waals surface area contributed by atoms with Crippen molar-refractivity contribution in [2.24, 2.45) is 0 Å². The molecule has 3 heterocycles. The minimum Gasteiger partial charge on any atom is -0.486 e. The highest BCUT2D eigenvalue weighted by atomic mass is 19.3. The van der Waals surface area contributed by atoms with E-state index in [0.29, 0.717) is 5.75 Å². The minimum atomic E-state index is -2.98. The number of tetrazole rings is 1. The SMILES string of the molecule is OC(C(F)F)C(c1ccc(OCc2ccccn2)cn1)n1cnnn1. The molecule has 130 valence electrons. The Bertz CT molecular complexity index is 770. The zero-order chi connectivity index (χ0) is 17.6. The highest BCUT2D eigenvalue weighted by Crippen LogP contribution is 2.24. The van der Waals surface area contributed by atoms with Gasteiger partial charge < -0.3 is 9.84 Å². The number of hydrogen-bond acceptors (Lipinski definition) is 7. The normalized spacial score (nSPS) is 13.6. The second kappa shape index (κ2) is 7.71. The molecule has 2 unspecified atom stereocenters. The Labute approximate surface area is 141 Å². The van der Waals surface area contributed by atoms with Crippen LogP contribution in [0.25, 0.3) is 0 Å². The van der Waals surface area contributed by atoms with Crippen LogP contribution in [0.5, 0.6) is 5.75 Å². The number of halogens is 2. The smallest absolute Gasteiger partial charge is 0.266 e. The van der Waals surface area contributed by atoms with E-state index < -0.39 is 18.6 Å². The fourth-order valence-corrected chi connectivity index (χ4v) is 2.19. The highest BCUT2D eigenvalue weighted by Gasteiger charge is 2.32. The summed E-state index contributed by atoms with van der Waals surface area (Å²) in [7, 11) is 0.